The van der Waals surface area contributed by atoms with Gasteiger partial charge in [-0.25, -0.2) is 0 Å². The highest BCUT2D eigenvalue weighted by molar-refractivity contribution is 5.54. The summed E-state index contributed by atoms with van der Waals surface area (Å²) in [4.78, 5) is 2.58. The topological polar surface area (TPSA) is 15.3 Å². The van der Waals surface area contributed by atoms with Crippen molar-refractivity contribution in [3.63, 3.8) is 0 Å². The van der Waals surface area contributed by atoms with Crippen LogP contribution in [0.15, 0.2) is 24.3 Å². The first-order valence-corrected chi connectivity index (χ1v) is 7.82. The minimum absolute atomic E-state index is 0.699. The van der Waals surface area contributed by atoms with Gasteiger partial charge in [0, 0.05) is 24.8 Å². The summed E-state index contributed by atoms with van der Waals surface area (Å²) in [6, 6.07) is 9.57. The van der Waals surface area contributed by atoms with Gasteiger partial charge in [0.2, 0.25) is 0 Å². The van der Waals surface area contributed by atoms with Gasteiger partial charge in [-0.1, -0.05) is 39.0 Å². The van der Waals surface area contributed by atoms with Crippen LogP contribution in [0, 0.1) is 5.92 Å². The highest BCUT2D eigenvalue weighted by Gasteiger charge is 2.26. The van der Waals surface area contributed by atoms with Gasteiger partial charge in [0.15, 0.2) is 0 Å². The monoisotopic (exact) mass is 260 g/mol. The van der Waals surface area contributed by atoms with Crippen molar-refractivity contribution in [2.75, 3.05) is 24.5 Å². The predicted octanol–water partition coefficient (Wildman–Crippen LogP) is 3.46. The summed E-state index contributed by atoms with van der Waals surface area (Å²) in [5.74, 6) is 0.727. The number of nitrogens with zero attached hydrogens (tertiary/aromatic N) is 1. The molecule has 2 nitrogen and oxygen atoms in total. The molecule has 2 unspecified atom stereocenters. The van der Waals surface area contributed by atoms with Crippen molar-refractivity contribution < 1.29 is 0 Å². The maximum Gasteiger partial charge on any atom is 0.0398 e. The van der Waals surface area contributed by atoms with E-state index in [0.717, 1.165) is 18.9 Å². The number of hydrogen-bond acceptors (Lipinski definition) is 2. The maximum absolute atomic E-state index is 3.69. The van der Waals surface area contributed by atoms with Gasteiger partial charge in [0.05, 0.1) is 0 Å². The van der Waals surface area contributed by atoms with Gasteiger partial charge in [0.25, 0.3) is 0 Å². The van der Waals surface area contributed by atoms with Crippen molar-refractivity contribution in [2.45, 2.75) is 46.1 Å². The van der Waals surface area contributed by atoms with Gasteiger partial charge in [-0.3, -0.25) is 0 Å². The lowest BCUT2D eigenvalue weighted by molar-refractivity contribution is 0.322. The zero-order valence-electron chi connectivity index (χ0n) is 12.7. The number of benzene rings is 1. The van der Waals surface area contributed by atoms with E-state index in [1.807, 2.05) is 0 Å². The Balaban J connectivity index is 2.01. The number of aryl methyl sites for hydroxylation is 1. The highest BCUT2D eigenvalue weighted by atomic mass is 15.2. The van der Waals surface area contributed by atoms with Crippen LogP contribution in [0.4, 0.5) is 5.69 Å². The van der Waals surface area contributed by atoms with Crippen LogP contribution in [0.5, 0.6) is 0 Å². The smallest absolute Gasteiger partial charge is 0.0398 e. The predicted molar refractivity (Wildman–Crippen MR) is 83.9 cm³/mol. The van der Waals surface area contributed by atoms with Crippen LogP contribution in [0.2, 0.25) is 0 Å². The molecule has 1 aliphatic heterocycles. The summed E-state index contributed by atoms with van der Waals surface area (Å²) < 4.78 is 0. The SMILES string of the molecule is CCCNC1CCN(c2ccccc2CC)CC1C. The molecule has 2 heteroatoms. The Morgan fingerprint density at radius 2 is 2.05 bits per heavy atom. The van der Waals surface area contributed by atoms with E-state index in [2.05, 4.69) is 55.3 Å². The summed E-state index contributed by atoms with van der Waals surface area (Å²) in [6.07, 6.45) is 3.61. The summed E-state index contributed by atoms with van der Waals surface area (Å²) in [5.41, 5.74) is 2.93. The molecule has 1 aromatic carbocycles. The second-order valence-electron chi connectivity index (χ2n) is 5.75. The Morgan fingerprint density at radius 1 is 1.26 bits per heavy atom. The van der Waals surface area contributed by atoms with Crippen LogP contribution in [-0.2, 0) is 6.42 Å². The molecule has 2 atom stereocenters. The van der Waals surface area contributed by atoms with Crippen LogP contribution in [0.1, 0.15) is 39.2 Å². The molecule has 19 heavy (non-hydrogen) atoms. The largest absolute Gasteiger partial charge is 0.371 e. The van der Waals surface area contributed by atoms with E-state index in [9.17, 15) is 0 Å². The fourth-order valence-electron chi connectivity index (χ4n) is 3.12. The molecule has 1 aromatic rings. The molecule has 1 heterocycles. The van der Waals surface area contributed by atoms with Gasteiger partial charge >= 0.3 is 0 Å². The van der Waals surface area contributed by atoms with Crippen molar-refractivity contribution in [3.8, 4) is 0 Å². The van der Waals surface area contributed by atoms with Gasteiger partial charge < -0.3 is 10.2 Å². The lowest BCUT2D eigenvalue weighted by Crippen LogP contribution is -2.48. The highest BCUT2D eigenvalue weighted by Crippen LogP contribution is 2.26. The fourth-order valence-corrected chi connectivity index (χ4v) is 3.12. The van der Waals surface area contributed by atoms with E-state index in [0.29, 0.717) is 6.04 Å². The minimum atomic E-state index is 0.699. The summed E-state index contributed by atoms with van der Waals surface area (Å²) in [6.45, 7) is 10.4. The van der Waals surface area contributed by atoms with Crippen LogP contribution < -0.4 is 10.2 Å². The number of hydrogen-bond donors (Lipinski definition) is 1. The van der Waals surface area contributed by atoms with E-state index in [1.165, 1.54) is 37.2 Å². The Hall–Kier alpha value is -1.02. The number of nitrogens with one attached hydrogen (secondary N) is 1. The number of piperidine rings is 1. The summed E-state index contributed by atoms with van der Waals surface area (Å²) >= 11 is 0. The van der Waals surface area contributed by atoms with Crippen LogP contribution in [0.25, 0.3) is 0 Å². The lowest BCUT2D eigenvalue weighted by atomic mass is 9.92. The number of rotatable bonds is 5. The van der Waals surface area contributed by atoms with Gasteiger partial charge in [-0.15, -0.1) is 0 Å². The van der Waals surface area contributed by atoms with Crippen molar-refractivity contribution in [3.05, 3.63) is 29.8 Å². The molecule has 0 aromatic heterocycles. The van der Waals surface area contributed by atoms with E-state index in [4.69, 9.17) is 0 Å². The Morgan fingerprint density at radius 3 is 2.74 bits per heavy atom. The third kappa shape index (κ3) is 3.50. The van der Waals surface area contributed by atoms with Gasteiger partial charge in [-0.2, -0.15) is 0 Å². The lowest BCUT2D eigenvalue weighted by Gasteiger charge is -2.39. The molecular formula is C17H28N2. The van der Waals surface area contributed by atoms with Crippen molar-refractivity contribution >= 4 is 5.69 Å². The number of para-hydroxylation sites is 1. The molecule has 0 saturated carbocycles. The molecule has 0 radical (unpaired) electrons. The van der Waals surface area contributed by atoms with Crippen LogP contribution in [-0.4, -0.2) is 25.7 Å². The standard InChI is InChI=1S/C17H28N2/c1-4-11-18-16-10-12-19(13-14(16)3)17-9-7-6-8-15(17)5-2/h6-9,14,16,18H,4-5,10-13H2,1-3H3. The molecule has 0 bridgehead atoms. The van der Waals surface area contributed by atoms with Crippen LogP contribution >= 0.6 is 0 Å². The zero-order chi connectivity index (χ0) is 13.7. The minimum Gasteiger partial charge on any atom is -0.371 e. The second-order valence-corrected chi connectivity index (χ2v) is 5.75. The molecule has 1 fully saturated rings. The Kier molecular flexibility index (Phi) is 5.26. The molecule has 1 saturated heterocycles. The Bertz CT molecular complexity index is 389. The molecule has 1 N–H and O–H groups in total. The second kappa shape index (κ2) is 6.95. The van der Waals surface area contributed by atoms with E-state index in [1.54, 1.807) is 0 Å². The third-order valence-corrected chi connectivity index (χ3v) is 4.28. The molecule has 0 aliphatic carbocycles. The Labute approximate surface area is 118 Å². The molecular weight excluding hydrogens is 232 g/mol. The zero-order valence-corrected chi connectivity index (χ0v) is 12.7. The van der Waals surface area contributed by atoms with Gasteiger partial charge in [0.1, 0.15) is 0 Å². The molecule has 0 spiro atoms. The van der Waals surface area contributed by atoms with Gasteiger partial charge in [-0.05, 0) is 43.4 Å². The molecule has 0 amide bonds. The van der Waals surface area contributed by atoms with E-state index in [-0.39, 0.29) is 0 Å². The first-order valence-electron chi connectivity index (χ1n) is 7.82. The van der Waals surface area contributed by atoms with Crippen molar-refractivity contribution in [1.29, 1.82) is 0 Å². The average Bonchev–Trinajstić information content (AvgIpc) is 2.46. The summed E-state index contributed by atoms with van der Waals surface area (Å²) in [7, 11) is 0. The first-order chi connectivity index (χ1) is 9.26. The maximum atomic E-state index is 3.69. The van der Waals surface area contributed by atoms with E-state index >= 15 is 0 Å². The molecule has 106 valence electrons. The fraction of sp³-hybridized carbons (Fsp3) is 0.647. The average molecular weight is 260 g/mol. The first kappa shape index (κ1) is 14.4. The third-order valence-electron chi connectivity index (χ3n) is 4.28. The molecule has 2 rings (SSSR count). The molecule has 1 aliphatic rings. The normalized spacial score (nSPS) is 23.6. The quantitative estimate of drug-likeness (QED) is 0.872. The van der Waals surface area contributed by atoms with Crippen LogP contribution in [0.3, 0.4) is 0 Å². The van der Waals surface area contributed by atoms with E-state index < -0.39 is 0 Å². The summed E-state index contributed by atoms with van der Waals surface area (Å²) in [5, 5.41) is 3.69. The van der Waals surface area contributed by atoms with Crippen molar-refractivity contribution in [1.82, 2.24) is 5.32 Å². The van der Waals surface area contributed by atoms with Crippen molar-refractivity contribution in [2.24, 2.45) is 5.92 Å². The number of anilines is 1.